The van der Waals surface area contributed by atoms with Gasteiger partial charge in [-0.2, -0.15) is 11.8 Å². The second-order valence-corrected chi connectivity index (χ2v) is 6.58. The van der Waals surface area contributed by atoms with Crippen molar-refractivity contribution in [2.24, 2.45) is 0 Å². The van der Waals surface area contributed by atoms with Gasteiger partial charge in [-0.05, 0) is 42.7 Å². The molecule has 128 valence electrons. The molecule has 3 N–H and O–H groups in total. The molecular formula is C16H23NO5S. The van der Waals surface area contributed by atoms with E-state index in [1.165, 1.54) is 17.3 Å². The van der Waals surface area contributed by atoms with Crippen molar-refractivity contribution in [2.75, 3.05) is 11.5 Å². The maximum Gasteiger partial charge on any atom is 0.337 e. The van der Waals surface area contributed by atoms with E-state index < -0.39 is 24.0 Å². The zero-order valence-electron chi connectivity index (χ0n) is 13.0. The fourth-order valence-corrected chi connectivity index (χ4v) is 3.23. The molecule has 0 bridgehead atoms. The molecule has 0 saturated heterocycles. The van der Waals surface area contributed by atoms with Crippen LogP contribution >= 0.6 is 11.8 Å². The summed E-state index contributed by atoms with van der Waals surface area (Å²) < 4.78 is 0. The zero-order valence-corrected chi connectivity index (χ0v) is 13.8. The third kappa shape index (κ3) is 7.99. The number of nitrogens with zero attached hydrogens (tertiary/aromatic N) is 1. The first-order chi connectivity index (χ1) is 10.9. The number of aryl methyl sites for hydroxylation is 1. The highest BCUT2D eigenvalue weighted by Gasteiger charge is 2.38. The minimum atomic E-state index is -2.18. The summed E-state index contributed by atoms with van der Waals surface area (Å²) >= 11 is 1.28. The zero-order chi connectivity index (χ0) is 17.1. The third-order valence-electron chi connectivity index (χ3n) is 3.44. The lowest BCUT2D eigenvalue weighted by Crippen LogP contribution is -2.43. The van der Waals surface area contributed by atoms with Gasteiger partial charge < -0.3 is 15.3 Å². The first-order valence-corrected chi connectivity index (χ1v) is 8.74. The highest BCUT2D eigenvalue weighted by Crippen LogP contribution is 2.20. The second kappa shape index (κ2) is 10.2. The Labute approximate surface area is 139 Å². The molecule has 1 heterocycles. The summed E-state index contributed by atoms with van der Waals surface area (Å²) in [7, 11) is 0. The predicted molar refractivity (Wildman–Crippen MR) is 88.6 cm³/mol. The molecule has 0 aliphatic rings. The van der Waals surface area contributed by atoms with Crippen LogP contribution < -0.4 is 0 Å². The lowest BCUT2D eigenvalue weighted by atomic mass is 10.0. The van der Waals surface area contributed by atoms with Gasteiger partial charge in [0.25, 0.3) is 0 Å². The van der Waals surface area contributed by atoms with E-state index in [4.69, 9.17) is 10.2 Å². The van der Waals surface area contributed by atoms with E-state index in [1.54, 1.807) is 12.4 Å². The number of rotatable bonds is 12. The average molecular weight is 341 g/mol. The summed E-state index contributed by atoms with van der Waals surface area (Å²) in [5.74, 6) is -2.19. The van der Waals surface area contributed by atoms with Gasteiger partial charge >= 0.3 is 11.9 Å². The number of aromatic nitrogens is 1. The van der Waals surface area contributed by atoms with Crippen LogP contribution in [0, 0.1) is 0 Å². The van der Waals surface area contributed by atoms with Crippen molar-refractivity contribution in [3.05, 3.63) is 30.1 Å². The fraction of sp³-hybridized carbons (Fsp3) is 0.562. The van der Waals surface area contributed by atoms with E-state index >= 15 is 0 Å². The number of thioether (sulfide) groups is 1. The SMILES string of the molecule is O=C(O)C[C@](O)(CSCCCCCCc1ccncc1)C(=O)O. The highest BCUT2D eigenvalue weighted by molar-refractivity contribution is 7.99. The lowest BCUT2D eigenvalue weighted by Gasteiger charge is -2.20. The van der Waals surface area contributed by atoms with Crippen LogP contribution in [0.2, 0.25) is 0 Å². The summed E-state index contributed by atoms with van der Waals surface area (Å²) in [4.78, 5) is 25.5. The van der Waals surface area contributed by atoms with Gasteiger partial charge in [0, 0.05) is 18.1 Å². The van der Waals surface area contributed by atoms with E-state index in [0.29, 0.717) is 5.75 Å². The molecule has 6 nitrogen and oxygen atoms in total. The highest BCUT2D eigenvalue weighted by atomic mass is 32.2. The number of hydrogen-bond acceptors (Lipinski definition) is 5. The second-order valence-electron chi connectivity index (χ2n) is 5.48. The van der Waals surface area contributed by atoms with Gasteiger partial charge in [0.15, 0.2) is 5.60 Å². The van der Waals surface area contributed by atoms with Gasteiger partial charge in [0.2, 0.25) is 0 Å². The Bertz CT molecular complexity index is 497. The van der Waals surface area contributed by atoms with E-state index in [2.05, 4.69) is 4.98 Å². The number of carbonyl (C=O) groups is 2. The Kier molecular flexibility index (Phi) is 8.65. The van der Waals surface area contributed by atoms with Crippen LogP contribution in [0.4, 0.5) is 0 Å². The molecule has 0 fully saturated rings. The Hall–Kier alpha value is -1.60. The normalized spacial score (nSPS) is 13.4. The molecule has 1 aromatic heterocycles. The molecule has 7 heteroatoms. The monoisotopic (exact) mass is 341 g/mol. The molecule has 23 heavy (non-hydrogen) atoms. The van der Waals surface area contributed by atoms with E-state index in [-0.39, 0.29) is 5.75 Å². The summed E-state index contributed by atoms with van der Waals surface area (Å²) in [6, 6.07) is 4.01. The van der Waals surface area contributed by atoms with Crippen molar-refractivity contribution in [3.8, 4) is 0 Å². The van der Waals surface area contributed by atoms with Crippen LogP contribution in [0.1, 0.15) is 37.7 Å². The Morgan fingerprint density at radius 2 is 1.74 bits per heavy atom. The van der Waals surface area contributed by atoms with Crippen LogP contribution in [0.25, 0.3) is 0 Å². The maximum atomic E-state index is 11.0. The van der Waals surface area contributed by atoms with Gasteiger partial charge in [-0.25, -0.2) is 4.79 Å². The van der Waals surface area contributed by atoms with E-state index in [9.17, 15) is 14.7 Å². The van der Waals surface area contributed by atoms with Crippen molar-refractivity contribution in [1.82, 2.24) is 4.98 Å². The minimum Gasteiger partial charge on any atom is -0.481 e. The minimum absolute atomic E-state index is 0.106. The van der Waals surface area contributed by atoms with Gasteiger partial charge in [0.05, 0.1) is 6.42 Å². The van der Waals surface area contributed by atoms with Crippen LogP contribution in [0.15, 0.2) is 24.5 Å². The third-order valence-corrected chi connectivity index (χ3v) is 4.70. The molecule has 0 aliphatic heterocycles. The molecule has 0 spiro atoms. The van der Waals surface area contributed by atoms with Crippen molar-refractivity contribution in [3.63, 3.8) is 0 Å². The van der Waals surface area contributed by atoms with Gasteiger partial charge in [-0.15, -0.1) is 0 Å². The number of pyridine rings is 1. The average Bonchev–Trinajstić information content (AvgIpc) is 2.50. The van der Waals surface area contributed by atoms with Gasteiger partial charge in [-0.1, -0.05) is 12.8 Å². The molecule has 0 amide bonds. The standard InChI is InChI=1S/C16H23NO5S/c18-14(19)11-16(22,15(20)21)12-23-10-4-2-1-3-5-13-6-8-17-9-7-13/h6-9,22H,1-5,10-12H2,(H,18,19)(H,20,21)/t16-/m0/s1. The number of hydrogen-bond donors (Lipinski definition) is 3. The molecule has 0 aliphatic carbocycles. The van der Waals surface area contributed by atoms with E-state index in [0.717, 1.165) is 32.1 Å². The number of unbranched alkanes of at least 4 members (excludes halogenated alkanes) is 3. The molecule has 1 aromatic rings. The Balaban J connectivity index is 2.10. The summed E-state index contributed by atoms with van der Waals surface area (Å²) in [6.45, 7) is 0. The molecule has 1 rings (SSSR count). The summed E-state index contributed by atoms with van der Waals surface area (Å²) in [5.41, 5.74) is -0.910. The van der Waals surface area contributed by atoms with Crippen molar-refractivity contribution in [2.45, 2.75) is 44.1 Å². The van der Waals surface area contributed by atoms with Crippen LogP contribution in [0.3, 0.4) is 0 Å². The molecule has 0 aromatic carbocycles. The fourth-order valence-electron chi connectivity index (χ4n) is 2.12. The maximum absolute atomic E-state index is 11.0. The van der Waals surface area contributed by atoms with E-state index in [1.807, 2.05) is 12.1 Å². The van der Waals surface area contributed by atoms with Crippen molar-refractivity contribution in [1.29, 1.82) is 0 Å². The van der Waals surface area contributed by atoms with Gasteiger partial charge in [-0.3, -0.25) is 9.78 Å². The van der Waals surface area contributed by atoms with Crippen LogP contribution in [-0.2, 0) is 16.0 Å². The van der Waals surface area contributed by atoms with Crippen molar-refractivity contribution < 1.29 is 24.9 Å². The Morgan fingerprint density at radius 1 is 1.09 bits per heavy atom. The first-order valence-electron chi connectivity index (χ1n) is 7.58. The number of carboxylic acids is 2. The molecule has 0 radical (unpaired) electrons. The largest absolute Gasteiger partial charge is 0.481 e. The first kappa shape index (κ1) is 19.4. The number of carboxylic acid groups (broad SMARTS) is 2. The lowest BCUT2D eigenvalue weighted by molar-refractivity contribution is -0.162. The van der Waals surface area contributed by atoms with Gasteiger partial charge in [0.1, 0.15) is 0 Å². The number of aliphatic hydroxyl groups is 1. The summed E-state index contributed by atoms with van der Waals surface area (Å²) in [5, 5.41) is 27.4. The number of aliphatic carboxylic acids is 2. The predicted octanol–water partition coefficient (Wildman–Crippen LogP) is 2.21. The van der Waals surface area contributed by atoms with Crippen LogP contribution in [0.5, 0.6) is 0 Å². The molecular weight excluding hydrogens is 318 g/mol. The summed E-state index contributed by atoms with van der Waals surface area (Å²) in [6.07, 6.45) is 7.94. The quantitative estimate of drug-likeness (QED) is 0.500. The smallest absolute Gasteiger partial charge is 0.337 e. The van der Waals surface area contributed by atoms with Crippen LogP contribution in [-0.4, -0.2) is 49.3 Å². The molecule has 1 atom stereocenters. The Morgan fingerprint density at radius 3 is 2.35 bits per heavy atom. The van der Waals surface area contributed by atoms with Crippen molar-refractivity contribution >= 4 is 23.7 Å². The topological polar surface area (TPSA) is 108 Å². The molecule has 0 unspecified atom stereocenters. The molecule has 0 saturated carbocycles.